The van der Waals surface area contributed by atoms with Crippen LogP contribution in [0.4, 0.5) is 0 Å². The maximum absolute atomic E-state index is 13.0. The third-order valence-electron chi connectivity index (χ3n) is 4.08. The first-order valence-electron chi connectivity index (χ1n) is 8.23. The third-order valence-corrected chi connectivity index (χ3v) is 4.77. The highest BCUT2D eigenvalue weighted by atomic mass is 79.9. The van der Waals surface area contributed by atoms with E-state index in [-0.39, 0.29) is 11.5 Å². The van der Waals surface area contributed by atoms with Gasteiger partial charge >= 0.3 is 5.97 Å². The zero-order valence-electron chi connectivity index (χ0n) is 14.0. The third kappa shape index (κ3) is 3.29. The van der Waals surface area contributed by atoms with Gasteiger partial charge in [-0.25, -0.2) is 4.79 Å². The van der Waals surface area contributed by atoms with Crippen LogP contribution in [-0.4, -0.2) is 5.97 Å². The molecule has 1 heterocycles. The average molecular weight is 421 g/mol. The predicted molar refractivity (Wildman–Crippen MR) is 107 cm³/mol. The molecule has 0 amide bonds. The zero-order chi connectivity index (χ0) is 18.8. The molecule has 3 aromatic carbocycles. The summed E-state index contributed by atoms with van der Waals surface area (Å²) in [4.78, 5) is 25.7. The first-order valence-corrected chi connectivity index (χ1v) is 9.02. The van der Waals surface area contributed by atoms with Crippen molar-refractivity contribution in [1.82, 2.24) is 0 Å². The molecule has 0 unspecified atom stereocenters. The molecule has 0 bridgehead atoms. The van der Waals surface area contributed by atoms with Crippen LogP contribution in [0.15, 0.2) is 92.5 Å². The van der Waals surface area contributed by atoms with Crippen LogP contribution in [0.1, 0.15) is 10.4 Å². The van der Waals surface area contributed by atoms with Gasteiger partial charge in [-0.05, 0) is 40.2 Å². The lowest BCUT2D eigenvalue weighted by atomic mass is 10.1. The fraction of sp³-hybridized carbons (Fsp3) is 0. The number of hydrogen-bond donors (Lipinski definition) is 0. The molecule has 5 heteroatoms. The topological polar surface area (TPSA) is 56.5 Å². The molecule has 27 heavy (non-hydrogen) atoms. The first-order chi connectivity index (χ1) is 13.1. The minimum atomic E-state index is -0.637. The molecule has 0 aliphatic carbocycles. The number of benzene rings is 3. The molecular formula is C22H13BrO4. The molecule has 0 atom stereocenters. The average Bonchev–Trinajstić information content (AvgIpc) is 2.71. The second-order valence-corrected chi connectivity index (χ2v) is 6.68. The van der Waals surface area contributed by atoms with Crippen molar-refractivity contribution in [1.29, 1.82) is 0 Å². The summed E-state index contributed by atoms with van der Waals surface area (Å²) in [5, 5.41) is 0.354. The summed E-state index contributed by atoms with van der Waals surface area (Å²) in [6, 6.07) is 22.8. The lowest BCUT2D eigenvalue weighted by Gasteiger charge is -2.11. The maximum Gasteiger partial charge on any atom is 0.344 e. The van der Waals surface area contributed by atoms with Gasteiger partial charge in [-0.15, -0.1) is 0 Å². The van der Waals surface area contributed by atoms with E-state index in [1.165, 1.54) is 0 Å². The number of carbonyl (C=O) groups excluding carboxylic acids is 1. The largest absolute Gasteiger partial charge is 0.452 e. The molecule has 0 aliphatic heterocycles. The van der Waals surface area contributed by atoms with E-state index in [1.807, 2.05) is 18.2 Å². The van der Waals surface area contributed by atoms with Crippen LogP contribution < -0.4 is 10.2 Å². The highest BCUT2D eigenvalue weighted by Crippen LogP contribution is 2.31. The van der Waals surface area contributed by atoms with E-state index in [1.54, 1.807) is 60.7 Å². The first kappa shape index (κ1) is 17.2. The fourth-order valence-electron chi connectivity index (χ4n) is 2.77. The van der Waals surface area contributed by atoms with Gasteiger partial charge in [0.1, 0.15) is 5.58 Å². The lowest BCUT2D eigenvalue weighted by molar-refractivity contribution is 0.0730. The second kappa shape index (κ2) is 7.21. The minimum absolute atomic E-state index is 0.124. The van der Waals surface area contributed by atoms with E-state index in [0.717, 1.165) is 0 Å². The Morgan fingerprint density at radius 1 is 0.852 bits per heavy atom. The number of fused-ring (bicyclic) bond motifs is 1. The van der Waals surface area contributed by atoms with Gasteiger partial charge in [0.2, 0.25) is 11.2 Å². The molecule has 4 aromatic rings. The van der Waals surface area contributed by atoms with Crippen molar-refractivity contribution in [2.24, 2.45) is 0 Å². The SMILES string of the molecule is O=C(Oc1c(-c2ccccc2)oc2ccccc2c1=O)c1ccccc1Br. The van der Waals surface area contributed by atoms with E-state index >= 15 is 0 Å². The van der Waals surface area contributed by atoms with E-state index in [2.05, 4.69) is 15.9 Å². The van der Waals surface area contributed by atoms with Crippen molar-refractivity contribution in [3.8, 4) is 17.1 Å². The molecule has 4 nitrogen and oxygen atoms in total. The molecule has 0 N–H and O–H groups in total. The Bertz CT molecular complexity index is 1200. The summed E-state index contributed by atoms with van der Waals surface area (Å²) in [6.07, 6.45) is 0. The normalized spacial score (nSPS) is 10.7. The van der Waals surface area contributed by atoms with E-state index in [0.29, 0.717) is 26.6 Å². The van der Waals surface area contributed by atoms with Gasteiger partial charge in [0.25, 0.3) is 0 Å². The van der Waals surface area contributed by atoms with Crippen LogP contribution >= 0.6 is 15.9 Å². The van der Waals surface area contributed by atoms with Crippen LogP contribution in [0.2, 0.25) is 0 Å². The molecule has 0 fully saturated rings. The van der Waals surface area contributed by atoms with Crippen LogP contribution in [0.3, 0.4) is 0 Å². The van der Waals surface area contributed by atoms with Gasteiger partial charge in [0, 0.05) is 10.0 Å². The van der Waals surface area contributed by atoms with Gasteiger partial charge in [-0.1, -0.05) is 54.6 Å². The molecule has 0 radical (unpaired) electrons. The van der Waals surface area contributed by atoms with Crippen molar-refractivity contribution in [3.05, 3.63) is 99.1 Å². The predicted octanol–water partition coefficient (Wildman–Crippen LogP) is 5.44. The van der Waals surface area contributed by atoms with Crippen molar-refractivity contribution < 1.29 is 13.9 Å². The Morgan fingerprint density at radius 2 is 1.52 bits per heavy atom. The minimum Gasteiger partial charge on any atom is -0.452 e. The van der Waals surface area contributed by atoms with Gasteiger partial charge < -0.3 is 9.15 Å². The highest BCUT2D eigenvalue weighted by Gasteiger charge is 2.22. The summed E-state index contributed by atoms with van der Waals surface area (Å²) >= 11 is 3.33. The van der Waals surface area contributed by atoms with E-state index in [9.17, 15) is 9.59 Å². The molecular weight excluding hydrogens is 408 g/mol. The summed E-state index contributed by atoms with van der Waals surface area (Å²) < 4.78 is 12.1. The van der Waals surface area contributed by atoms with E-state index in [4.69, 9.17) is 9.15 Å². The van der Waals surface area contributed by atoms with E-state index < -0.39 is 11.4 Å². The fourth-order valence-corrected chi connectivity index (χ4v) is 3.22. The van der Waals surface area contributed by atoms with Gasteiger partial charge in [-0.3, -0.25) is 4.79 Å². The molecule has 132 valence electrons. The van der Waals surface area contributed by atoms with Crippen molar-refractivity contribution in [3.63, 3.8) is 0 Å². The quantitative estimate of drug-likeness (QED) is 0.414. The zero-order valence-corrected chi connectivity index (χ0v) is 15.6. The Morgan fingerprint density at radius 3 is 2.30 bits per heavy atom. The number of rotatable bonds is 3. The highest BCUT2D eigenvalue weighted by molar-refractivity contribution is 9.10. The number of carbonyl (C=O) groups is 1. The molecule has 0 aliphatic rings. The number of ether oxygens (including phenoxy) is 1. The smallest absolute Gasteiger partial charge is 0.344 e. The Kier molecular flexibility index (Phi) is 4.60. The van der Waals surface area contributed by atoms with Gasteiger partial charge in [-0.2, -0.15) is 0 Å². The Balaban J connectivity index is 1.90. The Labute approximate surface area is 163 Å². The van der Waals surface area contributed by atoms with Crippen LogP contribution in [0, 0.1) is 0 Å². The number of hydrogen-bond acceptors (Lipinski definition) is 4. The van der Waals surface area contributed by atoms with Crippen molar-refractivity contribution in [2.75, 3.05) is 0 Å². The van der Waals surface area contributed by atoms with Gasteiger partial charge in [0.05, 0.1) is 10.9 Å². The number of halogens is 1. The number of para-hydroxylation sites is 1. The number of esters is 1. The summed E-state index contributed by atoms with van der Waals surface area (Å²) in [7, 11) is 0. The van der Waals surface area contributed by atoms with Crippen LogP contribution in [-0.2, 0) is 0 Å². The molecule has 1 aromatic heterocycles. The monoisotopic (exact) mass is 420 g/mol. The summed E-state index contributed by atoms with van der Waals surface area (Å²) in [6.45, 7) is 0. The maximum atomic E-state index is 13.0. The summed E-state index contributed by atoms with van der Waals surface area (Å²) in [5.74, 6) is -0.539. The standard InChI is InChI=1S/C22H13BrO4/c23-17-12-6-4-10-15(17)22(25)27-21-19(24)16-11-5-7-13-18(16)26-20(21)14-8-2-1-3-9-14/h1-13H. The van der Waals surface area contributed by atoms with Crippen LogP contribution in [0.25, 0.3) is 22.3 Å². The molecule has 0 spiro atoms. The molecule has 4 rings (SSSR count). The molecule has 0 saturated heterocycles. The summed E-state index contributed by atoms with van der Waals surface area (Å²) in [5.41, 5.74) is 1.01. The van der Waals surface area contributed by atoms with Crippen LogP contribution in [0.5, 0.6) is 5.75 Å². The van der Waals surface area contributed by atoms with Crippen molar-refractivity contribution in [2.45, 2.75) is 0 Å². The second-order valence-electron chi connectivity index (χ2n) is 5.82. The van der Waals surface area contributed by atoms with Crippen molar-refractivity contribution >= 4 is 32.9 Å². The molecule has 0 saturated carbocycles. The van der Waals surface area contributed by atoms with Gasteiger partial charge in [0.15, 0.2) is 5.76 Å². The Hall–Kier alpha value is -3.18. The lowest BCUT2D eigenvalue weighted by Crippen LogP contribution is -2.16.